The van der Waals surface area contributed by atoms with Gasteiger partial charge in [0.15, 0.2) is 0 Å². The lowest BCUT2D eigenvalue weighted by molar-refractivity contribution is -0.138. The number of hydrogen-bond donors (Lipinski definition) is 2. The van der Waals surface area contributed by atoms with Crippen molar-refractivity contribution in [1.82, 2.24) is 4.98 Å². The lowest BCUT2D eigenvalue weighted by Gasteiger charge is -2.05. The molecule has 1 amide bonds. The van der Waals surface area contributed by atoms with E-state index >= 15 is 0 Å². The Hall–Kier alpha value is -2.99. The van der Waals surface area contributed by atoms with Crippen LogP contribution >= 0.6 is 11.3 Å². The highest BCUT2D eigenvalue weighted by molar-refractivity contribution is 7.19. The molecule has 126 valence electrons. The maximum atomic E-state index is 11.7. The monoisotopic (exact) mass is 352 g/mol. The summed E-state index contributed by atoms with van der Waals surface area (Å²) in [6.45, 7) is 0. The molecule has 0 saturated heterocycles. The first-order valence-corrected chi connectivity index (χ1v) is 8.57. The molecule has 5 nitrogen and oxygen atoms in total. The number of nitrogens with one attached hydrogen (secondary N) is 1. The molecule has 6 heteroatoms. The van der Waals surface area contributed by atoms with Gasteiger partial charge in [0.2, 0.25) is 5.91 Å². The first-order valence-electron chi connectivity index (χ1n) is 7.75. The van der Waals surface area contributed by atoms with Gasteiger partial charge in [-0.1, -0.05) is 30.3 Å². The smallest absolute Gasteiger partial charge is 0.303 e. The van der Waals surface area contributed by atoms with Crippen molar-refractivity contribution in [2.75, 3.05) is 5.32 Å². The molecule has 0 fully saturated rings. The number of aromatic nitrogens is 1. The molecule has 1 heterocycles. The van der Waals surface area contributed by atoms with Crippen LogP contribution in [-0.4, -0.2) is 22.0 Å². The van der Waals surface area contributed by atoms with Gasteiger partial charge in [0.1, 0.15) is 5.01 Å². The number of carboxylic acid groups (broad SMARTS) is 1. The summed E-state index contributed by atoms with van der Waals surface area (Å²) in [7, 11) is 0. The van der Waals surface area contributed by atoms with E-state index in [4.69, 9.17) is 5.11 Å². The summed E-state index contributed by atoms with van der Waals surface area (Å²) in [5, 5.41) is 12.2. The fourth-order valence-corrected chi connectivity index (χ4v) is 3.16. The predicted molar refractivity (Wildman–Crippen MR) is 100 cm³/mol. The Kier molecular flexibility index (Phi) is 5.20. The van der Waals surface area contributed by atoms with Gasteiger partial charge < -0.3 is 10.4 Å². The van der Waals surface area contributed by atoms with Gasteiger partial charge in [-0.3, -0.25) is 9.59 Å². The molecule has 1 aromatic heterocycles. The second-order valence-electron chi connectivity index (χ2n) is 5.42. The lowest BCUT2D eigenvalue weighted by atomic mass is 10.2. The van der Waals surface area contributed by atoms with Crippen molar-refractivity contribution in [1.29, 1.82) is 0 Å². The SMILES string of the molecule is O=C(O)CCC(=O)Nc1cccc(/C=C/c2nc3ccccc3s2)c1. The molecular weight excluding hydrogens is 336 g/mol. The number of nitrogens with zero attached hydrogens (tertiary/aromatic N) is 1. The number of carbonyl (C=O) groups is 2. The Balaban J connectivity index is 1.68. The minimum Gasteiger partial charge on any atom is -0.481 e. The maximum Gasteiger partial charge on any atom is 0.303 e. The van der Waals surface area contributed by atoms with E-state index in [9.17, 15) is 9.59 Å². The third-order valence-electron chi connectivity index (χ3n) is 3.47. The summed E-state index contributed by atoms with van der Waals surface area (Å²) in [6, 6.07) is 15.3. The van der Waals surface area contributed by atoms with Gasteiger partial charge in [0.25, 0.3) is 0 Å². The van der Waals surface area contributed by atoms with Gasteiger partial charge in [-0.25, -0.2) is 4.98 Å². The third-order valence-corrected chi connectivity index (χ3v) is 4.47. The second kappa shape index (κ2) is 7.72. The molecule has 25 heavy (non-hydrogen) atoms. The molecule has 0 atom stereocenters. The summed E-state index contributed by atoms with van der Waals surface area (Å²) in [6.07, 6.45) is 3.66. The quantitative estimate of drug-likeness (QED) is 0.694. The van der Waals surface area contributed by atoms with Crippen LogP contribution in [0, 0.1) is 0 Å². The molecule has 3 aromatic rings. The minimum absolute atomic E-state index is 0.0406. The number of aliphatic carboxylic acids is 1. The zero-order valence-corrected chi connectivity index (χ0v) is 14.1. The number of hydrogen-bond acceptors (Lipinski definition) is 4. The van der Waals surface area contributed by atoms with Crippen LogP contribution in [0.4, 0.5) is 5.69 Å². The average molecular weight is 352 g/mol. The number of rotatable bonds is 6. The zero-order chi connectivity index (χ0) is 17.6. The van der Waals surface area contributed by atoms with E-state index in [2.05, 4.69) is 10.3 Å². The van der Waals surface area contributed by atoms with Crippen molar-refractivity contribution < 1.29 is 14.7 Å². The van der Waals surface area contributed by atoms with Crippen molar-refractivity contribution in [3.63, 3.8) is 0 Å². The zero-order valence-electron chi connectivity index (χ0n) is 13.3. The highest BCUT2D eigenvalue weighted by atomic mass is 32.1. The van der Waals surface area contributed by atoms with Crippen LogP contribution in [0.15, 0.2) is 48.5 Å². The minimum atomic E-state index is -0.984. The Bertz CT molecular complexity index is 914. The molecule has 2 aromatic carbocycles. The van der Waals surface area contributed by atoms with E-state index < -0.39 is 5.97 Å². The number of anilines is 1. The van der Waals surface area contributed by atoms with E-state index in [0.717, 1.165) is 20.8 Å². The number of amides is 1. The lowest BCUT2D eigenvalue weighted by Crippen LogP contribution is -2.13. The molecule has 0 aliphatic rings. The van der Waals surface area contributed by atoms with Gasteiger partial charge >= 0.3 is 5.97 Å². The van der Waals surface area contributed by atoms with Crippen molar-refractivity contribution in [3.8, 4) is 0 Å². The number of para-hydroxylation sites is 1. The molecule has 0 saturated carbocycles. The largest absolute Gasteiger partial charge is 0.481 e. The van der Waals surface area contributed by atoms with Gasteiger partial charge in [-0.05, 0) is 35.9 Å². The molecule has 0 unspecified atom stereocenters. The van der Waals surface area contributed by atoms with Gasteiger partial charge in [0.05, 0.1) is 16.6 Å². The van der Waals surface area contributed by atoms with Crippen molar-refractivity contribution in [2.24, 2.45) is 0 Å². The molecule has 0 aliphatic carbocycles. The maximum absolute atomic E-state index is 11.7. The summed E-state index contributed by atoms with van der Waals surface area (Å²) < 4.78 is 1.14. The van der Waals surface area contributed by atoms with Crippen LogP contribution in [0.5, 0.6) is 0 Å². The Labute approximate surface area is 148 Å². The van der Waals surface area contributed by atoms with Gasteiger partial charge in [0, 0.05) is 12.1 Å². The van der Waals surface area contributed by atoms with Crippen molar-refractivity contribution in [3.05, 3.63) is 59.1 Å². The Morgan fingerprint density at radius 1 is 1.08 bits per heavy atom. The number of thiazole rings is 1. The summed E-state index contributed by atoms with van der Waals surface area (Å²) in [5.41, 5.74) is 2.55. The summed E-state index contributed by atoms with van der Waals surface area (Å²) in [5.74, 6) is -1.29. The average Bonchev–Trinajstić information content (AvgIpc) is 3.01. The van der Waals surface area contributed by atoms with Crippen LogP contribution < -0.4 is 5.32 Å². The number of carboxylic acids is 1. The van der Waals surface area contributed by atoms with Gasteiger partial charge in [-0.15, -0.1) is 11.3 Å². The molecular formula is C19H16N2O3S. The van der Waals surface area contributed by atoms with Gasteiger partial charge in [-0.2, -0.15) is 0 Å². The molecule has 3 rings (SSSR count). The molecule has 0 spiro atoms. The second-order valence-corrected chi connectivity index (χ2v) is 6.48. The van der Waals surface area contributed by atoms with E-state index in [-0.39, 0.29) is 18.7 Å². The van der Waals surface area contributed by atoms with Crippen molar-refractivity contribution >= 4 is 51.3 Å². The molecule has 0 aliphatic heterocycles. The van der Waals surface area contributed by atoms with Crippen LogP contribution in [-0.2, 0) is 9.59 Å². The van der Waals surface area contributed by atoms with Crippen LogP contribution in [0.2, 0.25) is 0 Å². The first-order chi connectivity index (χ1) is 12.1. The molecule has 0 bridgehead atoms. The van der Waals surface area contributed by atoms with Crippen molar-refractivity contribution in [2.45, 2.75) is 12.8 Å². The Morgan fingerprint density at radius 3 is 2.72 bits per heavy atom. The van der Waals surface area contributed by atoms with E-state index in [1.165, 1.54) is 0 Å². The summed E-state index contributed by atoms with van der Waals surface area (Å²) in [4.78, 5) is 26.8. The topological polar surface area (TPSA) is 79.3 Å². The fraction of sp³-hybridized carbons (Fsp3) is 0.105. The molecule has 0 radical (unpaired) electrons. The third kappa shape index (κ3) is 4.74. The number of benzene rings is 2. The first kappa shape index (κ1) is 16.9. The van der Waals surface area contributed by atoms with Crippen LogP contribution in [0.1, 0.15) is 23.4 Å². The number of fused-ring (bicyclic) bond motifs is 1. The van der Waals surface area contributed by atoms with Crippen LogP contribution in [0.3, 0.4) is 0 Å². The van der Waals surface area contributed by atoms with E-state index in [1.807, 2.05) is 54.6 Å². The summed E-state index contributed by atoms with van der Waals surface area (Å²) >= 11 is 1.62. The predicted octanol–water partition coefficient (Wildman–Crippen LogP) is 4.27. The van der Waals surface area contributed by atoms with E-state index in [0.29, 0.717) is 5.69 Å². The van der Waals surface area contributed by atoms with Crippen LogP contribution in [0.25, 0.3) is 22.4 Å². The normalized spacial score (nSPS) is 11.0. The Morgan fingerprint density at radius 2 is 1.92 bits per heavy atom. The molecule has 2 N–H and O–H groups in total. The van der Waals surface area contributed by atoms with E-state index in [1.54, 1.807) is 17.4 Å². The standard InChI is InChI=1S/C19H16N2O3S/c22-17(9-11-19(23)24)20-14-5-3-4-13(12-14)8-10-18-21-15-6-1-2-7-16(15)25-18/h1-8,10,12H,9,11H2,(H,20,22)(H,23,24)/b10-8+. The highest BCUT2D eigenvalue weighted by Crippen LogP contribution is 2.23. The number of carbonyl (C=O) groups excluding carboxylic acids is 1. The highest BCUT2D eigenvalue weighted by Gasteiger charge is 2.06. The fourth-order valence-electron chi connectivity index (χ4n) is 2.29.